The Bertz CT molecular complexity index is 1010. The average molecular weight is 642 g/mol. The van der Waals surface area contributed by atoms with Gasteiger partial charge in [0, 0.05) is 21.2 Å². The predicted molar refractivity (Wildman–Crippen MR) is 142 cm³/mol. The van der Waals surface area contributed by atoms with Crippen molar-refractivity contribution in [3.8, 4) is 0 Å². The van der Waals surface area contributed by atoms with Crippen LogP contribution in [0.3, 0.4) is 0 Å². The molecule has 0 atom stereocenters. The molecule has 0 aliphatic rings. The van der Waals surface area contributed by atoms with Gasteiger partial charge in [-0.3, -0.25) is 0 Å². The van der Waals surface area contributed by atoms with Crippen molar-refractivity contribution < 1.29 is 22.3 Å². The molecule has 7 heteroatoms. The van der Waals surface area contributed by atoms with Crippen molar-refractivity contribution in [2.75, 3.05) is 5.90 Å². The summed E-state index contributed by atoms with van der Waals surface area (Å²) < 4.78 is 29.2. The maximum absolute atomic E-state index is 14.6. The maximum atomic E-state index is 14.6. The SMILES string of the molecule is O=P(CP(=O)(c1ccccc1)c1ccccc1)(c1ccccc1)c1ccccc1.[Br][Zn][Br]. The zero-order chi connectivity index (χ0) is 22.9. The second kappa shape index (κ2) is 12.4. The van der Waals surface area contributed by atoms with Gasteiger partial charge in [0.15, 0.2) is 14.3 Å². The van der Waals surface area contributed by atoms with Crippen molar-refractivity contribution in [3.63, 3.8) is 0 Å². The van der Waals surface area contributed by atoms with Gasteiger partial charge in [-0.05, 0) is 0 Å². The molecule has 0 aliphatic heterocycles. The molecule has 160 valence electrons. The van der Waals surface area contributed by atoms with Crippen LogP contribution in [0.1, 0.15) is 0 Å². The van der Waals surface area contributed by atoms with E-state index in [1.54, 1.807) is 0 Å². The molecule has 4 aromatic carbocycles. The molecule has 4 rings (SSSR count). The minimum atomic E-state index is -3.14. The van der Waals surface area contributed by atoms with Crippen LogP contribution in [0.2, 0.25) is 0 Å². The van der Waals surface area contributed by atoms with E-state index < -0.39 is 14.3 Å². The fourth-order valence-electron chi connectivity index (χ4n) is 3.58. The van der Waals surface area contributed by atoms with E-state index in [4.69, 9.17) is 0 Å². The third-order valence-corrected chi connectivity index (χ3v) is 12.8. The normalized spacial score (nSPS) is 11.1. The van der Waals surface area contributed by atoms with Crippen LogP contribution in [0.15, 0.2) is 121 Å². The topological polar surface area (TPSA) is 34.1 Å². The van der Waals surface area contributed by atoms with Gasteiger partial charge in [0.25, 0.3) is 0 Å². The first-order valence-corrected chi connectivity index (χ1v) is 27.8. The minimum absolute atomic E-state index is 0.0854. The summed E-state index contributed by atoms with van der Waals surface area (Å²) in [6, 6.07) is 37.8. The fraction of sp³-hybridized carbons (Fsp3) is 0.0400. The molecular weight excluding hydrogens is 619 g/mol. The Hall–Kier alpha value is -1.08. The van der Waals surface area contributed by atoms with E-state index in [1.807, 2.05) is 121 Å². The quantitative estimate of drug-likeness (QED) is 0.174. The van der Waals surface area contributed by atoms with Crippen LogP contribution >= 0.6 is 41.5 Å². The predicted octanol–water partition coefficient (Wildman–Crippen LogP) is 6.66. The van der Waals surface area contributed by atoms with Crippen LogP contribution in [0.5, 0.6) is 0 Å². The molecule has 0 aliphatic carbocycles. The zero-order valence-corrected chi connectivity index (χ0v) is 25.4. The monoisotopic (exact) mass is 638 g/mol. The molecule has 32 heavy (non-hydrogen) atoms. The molecule has 0 aromatic heterocycles. The molecule has 0 saturated heterocycles. The van der Waals surface area contributed by atoms with Crippen LogP contribution in [-0.2, 0) is 22.3 Å². The van der Waals surface area contributed by atoms with Crippen molar-refractivity contribution >= 4 is 62.7 Å². The summed E-state index contributed by atoms with van der Waals surface area (Å²) >= 11 is 6.25. The summed E-state index contributed by atoms with van der Waals surface area (Å²) in [5, 5.41) is 2.94. The fourth-order valence-corrected chi connectivity index (χ4v) is 11.6. The average Bonchev–Trinajstić information content (AvgIpc) is 2.86. The third kappa shape index (κ3) is 6.08. The summed E-state index contributed by atoms with van der Waals surface area (Å²) in [7, 11) is -6.28. The van der Waals surface area contributed by atoms with Crippen LogP contribution in [0, 0.1) is 0 Å². The van der Waals surface area contributed by atoms with Gasteiger partial charge < -0.3 is 9.13 Å². The molecule has 0 bridgehead atoms. The van der Waals surface area contributed by atoms with Gasteiger partial charge in [-0.15, -0.1) is 0 Å². The molecule has 0 unspecified atom stereocenters. The molecule has 0 heterocycles. The van der Waals surface area contributed by atoms with Gasteiger partial charge >= 0.3 is 40.5 Å². The molecule has 4 aromatic rings. The molecule has 0 fully saturated rings. The van der Waals surface area contributed by atoms with E-state index in [9.17, 15) is 9.13 Å². The van der Waals surface area contributed by atoms with Crippen LogP contribution in [-0.4, -0.2) is 5.90 Å². The van der Waals surface area contributed by atoms with Crippen LogP contribution in [0.4, 0.5) is 0 Å². The first kappa shape index (κ1) is 25.5. The number of rotatable bonds is 6. The first-order chi connectivity index (χ1) is 15.5. The number of halogens is 2. The Morgan fingerprint density at radius 2 is 0.656 bits per heavy atom. The molecule has 0 spiro atoms. The van der Waals surface area contributed by atoms with Gasteiger partial charge in [-0.25, -0.2) is 0 Å². The van der Waals surface area contributed by atoms with Crippen molar-refractivity contribution in [2.45, 2.75) is 0 Å². The standard InChI is InChI=1S/C25H22O2P2.2BrH.Zn/c26-28(22-13-5-1-6-14-22,23-15-7-2-8-16-23)21-29(27,24-17-9-3-10-18-24)25-19-11-4-12-20-25;;;/h1-20H,21H2;2*1H;/q;;;+2/p-2. The van der Waals surface area contributed by atoms with E-state index in [2.05, 4.69) is 27.2 Å². The Morgan fingerprint density at radius 1 is 0.469 bits per heavy atom. The van der Waals surface area contributed by atoms with Gasteiger partial charge in [-0.2, -0.15) is 0 Å². The summed E-state index contributed by atoms with van der Waals surface area (Å²) in [5.74, 6) is 0.0854. The summed E-state index contributed by atoms with van der Waals surface area (Å²) in [6.45, 7) is 0. The second-order valence-electron chi connectivity index (χ2n) is 7.06. The van der Waals surface area contributed by atoms with Crippen molar-refractivity contribution in [2.24, 2.45) is 0 Å². The molecule has 0 N–H and O–H groups in total. The Morgan fingerprint density at radius 3 is 0.844 bits per heavy atom. The second-order valence-corrected chi connectivity index (χ2v) is 27.3. The summed E-state index contributed by atoms with van der Waals surface area (Å²) in [6.07, 6.45) is 0. The van der Waals surface area contributed by atoms with E-state index in [-0.39, 0.29) is 19.1 Å². The molecule has 2 nitrogen and oxygen atoms in total. The van der Waals surface area contributed by atoms with Gasteiger partial charge in [0.2, 0.25) is 0 Å². The van der Waals surface area contributed by atoms with Crippen molar-refractivity contribution in [3.05, 3.63) is 121 Å². The number of benzene rings is 4. The molecular formula is C25H22Br2O2P2Zn. The zero-order valence-electron chi connectivity index (χ0n) is 17.4. The van der Waals surface area contributed by atoms with Gasteiger partial charge in [0.05, 0.1) is 5.90 Å². The van der Waals surface area contributed by atoms with E-state index >= 15 is 0 Å². The van der Waals surface area contributed by atoms with E-state index in [1.165, 1.54) is 0 Å². The van der Waals surface area contributed by atoms with Crippen LogP contribution < -0.4 is 21.2 Å². The molecule has 0 amide bonds. The van der Waals surface area contributed by atoms with Gasteiger partial charge in [-0.1, -0.05) is 121 Å². The van der Waals surface area contributed by atoms with E-state index in [0.29, 0.717) is 0 Å². The molecule has 0 saturated carbocycles. The first-order valence-electron chi connectivity index (χ1n) is 10.1. The number of hydrogen-bond acceptors (Lipinski definition) is 2. The Labute approximate surface area is 210 Å². The van der Waals surface area contributed by atoms with Crippen molar-refractivity contribution in [1.82, 2.24) is 0 Å². The van der Waals surface area contributed by atoms with Crippen LogP contribution in [0.25, 0.3) is 0 Å². The Kier molecular flexibility index (Phi) is 9.90. The number of hydrogen-bond donors (Lipinski definition) is 0. The molecule has 0 radical (unpaired) electrons. The summed E-state index contributed by atoms with van der Waals surface area (Å²) in [5.41, 5.74) is 0. The Balaban J connectivity index is 0.000000913. The van der Waals surface area contributed by atoms with Gasteiger partial charge in [0.1, 0.15) is 0 Å². The van der Waals surface area contributed by atoms with E-state index in [0.717, 1.165) is 21.2 Å². The van der Waals surface area contributed by atoms with Crippen molar-refractivity contribution in [1.29, 1.82) is 0 Å². The summed E-state index contributed by atoms with van der Waals surface area (Å²) in [4.78, 5) is 0. The third-order valence-electron chi connectivity index (χ3n) is 5.09.